The molecule has 1 atom stereocenters. The van der Waals surface area contributed by atoms with Crippen molar-refractivity contribution < 1.29 is 9.32 Å². The van der Waals surface area contributed by atoms with Gasteiger partial charge < -0.3 is 9.42 Å². The number of hydrogen-bond donors (Lipinski definition) is 0. The van der Waals surface area contributed by atoms with Gasteiger partial charge in [-0.1, -0.05) is 67.9 Å². The molecule has 1 aromatic heterocycles. The van der Waals surface area contributed by atoms with Gasteiger partial charge in [-0.05, 0) is 30.0 Å². The highest BCUT2D eigenvalue weighted by Gasteiger charge is 2.35. The number of aromatic nitrogens is 2. The van der Waals surface area contributed by atoms with E-state index in [0.29, 0.717) is 24.7 Å². The van der Waals surface area contributed by atoms with Gasteiger partial charge in [0.2, 0.25) is 17.6 Å². The molecule has 1 saturated heterocycles. The Morgan fingerprint density at radius 2 is 1.71 bits per heavy atom. The topological polar surface area (TPSA) is 59.2 Å². The third kappa shape index (κ3) is 3.57. The van der Waals surface area contributed by atoms with Gasteiger partial charge in [0.15, 0.2) is 0 Å². The van der Waals surface area contributed by atoms with Crippen LogP contribution in [-0.2, 0) is 10.2 Å². The van der Waals surface area contributed by atoms with E-state index in [1.807, 2.05) is 43.3 Å². The van der Waals surface area contributed by atoms with Gasteiger partial charge in [0.05, 0.1) is 5.92 Å². The number of nitrogens with zero attached hydrogens (tertiary/aromatic N) is 3. The highest BCUT2D eigenvalue weighted by atomic mass is 16.5. The van der Waals surface area contributed by atoms with E-state index < -0.39 is 0 Å². The van der Waals surface area contributed by atoms with Crippen LogP contribution in [0.25, 0.3) is 11.4 Å². The Morgan fingerprint density at radius 3 is 2.36 bits per heavy atom. The van der Waals surface area contributed by atoms with Crippen LogP contribution in [0.3, 0.4) is 0 Å². The van der Waals surface area contributed by atoms with Crippen molar-refractivity contribution in [2.75, 3.05) is 11.4 Å². The largest absolute Gasteiger partial charge is 0.339 e. The molecule has 1 fully saturated rings. The van der Waals surface area contributed by atoms with E-state index in [0.717, 1.165) is 11.3 Å². The predicted molar refractivity (Wildman–Crippen MR) is 109 cm³/mol. The maximum atomic E-state index is 12.5. The molecule has 0 bridgehead atoms. The van der Waals surface area contributed by atoms with Gasteiger partial charge >= 0.3 is 0 Å². The lowest BCUT2D eigenvalue weighted by Gasteiger charge is -2.18. The SMILES string of the molecule is Cc1ccc(N2CC(c3nc(-c4ccc(C(C)(C)C)cc4)no3)CC2=O)cc1. The Bertz CT molecular complexity index is 982. The van der Waals surface area contributed by atoms with E-state index in [1.165, 1.54) is 11.1 Å². The average molecular weight is 375 g/mol. The van der Waals surface area contributed by atoms with Crippen molar-refractivity contribution in [1.82, 2.24) is 10.1 Å². The number of rotatable bonds is 3. The molecule has 0 saturated carbocycles. The van der Waals surface area contributed by atoms with E-state index in [9.17, 15) is 4.79 Å². The summed E-state index contributed by atoms with van der Waals surface area (Å²) in [6, 6.07) is 16.2. The summed E-state index contributed by atoms with van der Waals surface area (Å²) in [7, 11) is 0. The minimum atomic E-state index is -0.0797. The molecule has 144 valence electrons. The van der Waals surface area contributed by atoms with Crippen LogP contribution in [0.2, 0.25) is 0 Å². The molecule has 1 amide bonds. The Kier molecular flexibility index (Phi) is 4.53. The quantitative estimate of drug-likeness (QED) is 0.656. The number of anilines is 1. The summed E-state index contributed by atoms with van der Waals surface area (Å²) in [6.45, 7) is 9.15. The van der Waals surface area contributed by atoms with E-state index in [4.69, 9.17) is 4.52 Å². The molecule has 1 aliphatic rings. The standard InChI is InChI=1S/C23H25N3O2/c1-15-5-11-19(12-6-15)26-14-17(13-20(26)27)22-24-21(25-28-22)16-7-9-18(10-8-16)23(2,3)4/h5-12,17H,13-14H2,1-4H3. The highest BCUT2D eigenvalue weighted by molar-refractivity contribution is 5.96. The lowest BCUT2D eigenvalue weighted by atomic mass is 9.87. The summed E-state index contributed by atoms with van der Waals surface area (Å²) in [4.78, 5) is 18.9. The number of carbonyl (C=O) groups excluding carboxylic acids is 1. The summed E-state index contributed by atoms with van der Waals surface area (Å²) >= 11 is 0. The molecule has 0 spiro atoms. The Hall–Kier alpha value is -2.95. The molecule has 0 radical (unpaired) electrons. The lowest BCUT2D eigenvalue weighted by molar-refractivity contribution is -0.117. The van der Waals surface area contributed by atoms with E-state index >= 15 is 0 Å². The molecular weight excluding hydrogens is 350 g/mol. The van der Waals surface area contributed by atoms with Crippen molar-refractivity contribution in [3.8, 4) is 11.4 Å². The second-order valence-electron chi connectivity index (χ2n) is 8.52. The van der Waals surface area contributed by atoms with E-state index in [1.54, 1.807) is 4.90 Å². The molecule has 1 aliphatic heterocycles. The second-order valence-corrected chi connectivity index (χ2v) is 8.52. The highest BCUT2D eigenvalue weighted by Crippen LogP contribution is 2.32. The predicted octanol–water partition coefficient (Wildman–Crippen LogP) is 4.86. The van der Waals surface area contributed by atoms with Crippen molar-refractivity contribution in [2.45, 2.75) is 45.4 Å². The zero-order valence-electron chi connectivity index (χ0n) is 16.8. The summed E-state index contributed by atoms with van der Waals surface area (Å²) in [5, 5.41) is 4.14. The van der Waals surface area contributed by atoms with Crippen molar-refractivity contribution in [2.24, 2.45) is 0 Å². The molecule has 4 rings (SSSR count). The van der Waals surface area contributed by atoms with Crippen LogP contribution in [0.15, 0.2) is 53.1 Å². The van der Waals surface area contributed by atoms with Gasteiger partial charge in [-0.2, -0.15) is 4.98 Å². The van der Waals surface area contributed by atoms with Crippen molar-refractivity contribution >= 4 is 11.6 Å². The summed E-state index contributed by atoms with van der Waals surface area (Å²) in [5.41, 5.74) is 4.37. The van der Waals surface area contributed by atoms with Gasteiger partial charge in [-0.3, -0.25) is 4.79 Å². The minimum Gasteiger partial charge on any atom is -0.339 e. The van der Waals surface area contributed by atoms with Crippen molar-refractivity contribution in [3.05, 3.63) is 65.5 Å². The van der Waals surface area contributed by atoms with Crippen LogP contribution in [-0.4, -0.2) is 22.6 Å². The number of carbonyl (C=O) groups is 1. The summed E-state index contributed by atoms with van der Waals surface area (Å²) in [5.74, 6) is 1.10. The first-order valence-electron chi connectivity index (χ1n) is 9.63. The molecule has 3 aromatic rings. The molecule has 2 aromatic carbocycles. The smallest absolute Gasteiger partial charge is 0.232 e. The summed E-state index contributed by atoms with van der Waals surface area (Å²) in [6.07, 6.45) is 0.387. The van der Waals surface area contributed by atoms with E-state index in [2.05, 4.69) is 43.0 Å². The zero-order chi connectivity index (χ0) is 19.9. The van der Waals surface area contributed by atoms with Gasteiger partial charge in [0, 0.05) is 24.2 Å². The molecule has 5 nitrogen and oxygen atoms in total. The van der Waals surface area contributed by atoms with Gasteiger partial charge in [0.1, 0.15) is 0 Å². The fourth-order valence-electron chi connectivity index (χ4n) is 3.48. The maximum Gasteiger partial charge on any atom is 0.232 e. The number of aryl methyl sites for hydroxylation is 1. The van der Waals surface area contributed by atoms with Crippen LogP contribution < -0.4 is 4.90 Å². The Morgan fingerprint density at radius 1 is 1.04 bits per heavy atom. The fourth-order valence-corrected chi connectivity index (χ4v) is 3.48. The monoisotopic (exact) mass is 375 g/mol. The van der Waals surface area contributed by atoms with Crippen LogP contribution in [0.1, 0.15) is 50.1 Å². The zero-order valence-corrected chi connectivity index (χ0v) is 16.8. The summed E-state index contributed by atoms with van der Waals surface area (Å²) < 4.78 is 5.51. The third-order valence-electron chi connectivity index (χ3n) is 5.27. The minimum absolute atomic E-state index is 0.0797. The normalized spacial score (nSPS) is 17.4. The first kappa shape index (κ1) is 18.4. The Balaban J connectivity index is 1.52. The van der Waals surface area contributed by atoms with Crippen molar-refractivity contribution in [3.63, 3.8) is 0 Å². The molecule has 0 aliphatic carbocycles. The fraction of sp³-hybridized carbons (Fsp3) is 0.348. The van der Waals surface area contributed by atoms with Gasteiger partial charge in [0.25, 0.3) is 0 Å². The first-order valence-corrected chi connectivity index (χ1v) is 9.63. The number of hydrogen-bond acceptors (Lipinski definition) is 4. The van der Waals surface area contributed by atoms with Crippen molar-refractivity contribution in [1.29, 1.82) is 0 Å². The Labute approximate surface area is 165 Å². The first-order chi connectivity index (χ1) is 13.3. The molecular formula is C23H25N3O2. The van der Waals surface area contributed by atoms with Crippen LogP contribution in [0.5, 0.6) is 0 Å². The molecule has 28 heavy (non-hydrogen) atoms. The molecule has 5 heteroatoms. The number of amides is 1. The maximum absolute atomic E-state index is 12.5. The van der Waals surface area contributed by atoms with Gasteiger partial charge in [-0.15, -0.1) is 0 Å². The molecule has 1 unspecified atom stereocenters. The van der Waals surface area contributed by atoms with Gasteiger partial charge in [-0.25, -0.2) is 0 Å². The lowest BCUT2D eigenvalue weighted by Crippen LogP contribution is -2.24. The average Bonchev–Trinajstić information content (AvgIpc) is 3.29. The van der Waals surface area contributed by atoms with Crippen LogP contribution in [0.4, 0.5) is 5.69 Å². The molecule has 0 N–H and O–H groups in total. The van der Waals surface area contributed by atoms with E-state index in [-0.39, 0.29) is 17.2 Å². The molecule has 2 heterocycles. The third-order valence-corrected chi connectivity index (χ3v) is 5.27. The number of benzene rings is 2. The second kappa shape index (κ2) is 6.89. The van der Waals surface area contributed by atoms with Crippen LogP contribution >= 0.6 is 0 Å². The van der Waals surface area contributed by atoms with Crippen LogP contribution in [0, 0.1) is 6.92 Å².